The highest BCUT2D eigenvalue weighted by atomic mass is 32.2. The van der Waals surface area contributed by atoms with Crippen molar-refractivity contribution in [1.82, 2.24) is 0 Å². The van der Waals surface area contributed by atoms with Gasteiger partial charge in [-0.3, -0.25) is 4.72 Å². The molecule has 0 amide bonds. The Labute approximate surface area is 153 Å². The standard InChI is InChI=1S/C18H18N2O4S2/c1-13-11-14(2)18(15(3)12-13)26(23,24)20-16-5-7-17(8-6-16)25(21,22)10-4-9-19/h4-8,10-12,20H,1-3H3/b10-4+. The van der Waals surface area contributed by atoms with E-state index >= 15 is 0 Å². The molecular formula is C18H18N2O4S2. The molecule has 0 saturated heterocycles. The quantitative estimate of drug-likeness (QED) is 0.789. The Bertz CT molecular complexity index is 1090. The molecule has 8 heteroatoms. The number of nitrogens with one attached hydrogen (secondary N) is 1. The minimum Gasteiger partial charge on any atom is -0.280 e. The second kappa shape index (κ2) is 7.32. The van der Waals surface area contributed by atoms with Crippen molar-refractivity contribution in [3.63, 3.8) is 0 Å². The lowest BCUT2D eigenvalue weighted by molar-refractivity contribution is 0.599. The third-order valence-corrected chi connectivity index (χ3v) is 6.74. The van der Waals surface area contributed by atoms with Gasteiger partial charge in [-0.25, -0.2) is 16.8 Å². The zero-order valence-electron chi connectivity index (χ0n) is 14.5. The lowest BCUT2D eigenvalue weighted by Crippen LogP contribution is -2.16. The number of hydrogen-bond donors (Lipinski definition) is 1. The average Bonchev–Trinajstić information content (AvgIpc) is 2.51. The van der Waals surface area contributed by atoms with E-state index < -0.39 is 19.9 Å². The van der Waals surface area contributed by atoms with Crippen LogP contribution >= 0.6 is 0 Å². The largest absolute Gasteiger partial charge is 0.280 e. The smallest absolute Gasteiger partial charge is 0.262 e. The summed E-state index contributed by atoms with van der Waals surface area (Å²) in [5.74, 6) is 0. The molecule has 6 nitrogen and oxygen atoms in total. The number of allylic oxidation sites excluding steroid dienone is 1. The Morgan fingerprint density at radius 1 is 0.962 bits per heavy atom. The van der Waals surface area contributed by atoms with Gasteiger partial charge in [-0.05, 0) is 56.2 Å². The lowest BCUT2D eigenvalue weighted by atomic mass is 10.1. The van der Waals surface area contributed by atoms with Crippen LogP contribution in [0.15, 0.2) is 57.7 Å². The molecule has 0 heterocycles. The normalized spacial score (nSPS) is 12.1. The molecule has 1 N–H and O–H groups in total. The summed E-state index contributed by atoms with van der Waals surface area (Å²) in [6.45, 7) is 5.35. The Morgan fingerprint density at radius 3 is 2.00 bits per heavy atom. The van der Waals surface area contributed by atoms with Crippen LogP contribution < -0.4 is 4.72 Å². The second-order valence-electron chi connectivity index (χ2n) is 5.83. The zero-order valence-corrected chi connectivity index (χ0v) is 16.1. The highest BCUT2D eigenvalue weighted by Gasteiger charge is 2.20. The number of nitrogens with zero attached hydrogens (tertiary/aromatic N) is 1. The van der Waals surface area contributed by atoms with Crippen LogP contribution in [0.1, 0.15) is 16.7 Å². The average molecular weight is 390 g/mol. The summed E-state index contributed by atoms with van der Waals surface area (Å²) in [6, 6.07) is 10.5. The van der Waals surface area contributed by atoms with E-state index in [1.165, 1.54) is 24.3 Å². The molecule has 0 aliphatic carbocycles. The van der Waals surface area contributed by atoms with Gasteiger partial charge in [0.15, 0.2) is 0 Å². The summed E-state index contributed by atoms with van der Waals surface area (Å²) in [5, 5.41) is 9.24. The predicted molar refractivity (Wildman–Crippen MR) is 99.8 cm³/mol. The van der Waals surface area contributed by atoms with Gasteiger partial charge in [0.1, 0.15) is 0 Å². The number of rotatable bonds is 5. The Hall–Kier alpha value is -2.63. The fourth-order valence-electron chi connectivity index (χ4n) is 2.71. The fourth-order valence-corrected chi connectivity index (χ4v) is 5.13. The first-order chi connectivity index (χ1) is 12.1. The van der Waals surface area contributed by atoms with E-state index in [-0.39, 0.29) is 15.5 Å². The van der Waals surface area contributed by atoms with E-state index in [9.17, 15) is 16.8 Å². The maximum Gasteiger partial charge on any atom is 0.262 e. The molecule has 0 aromatic heterocycles. The number of hydrogen-bond acceptors (Lipinski definition) is 5. The third kappa shape index (κ3) is 4.31. The van der Waals surface area contributed by atoms with Gasteiger partial charge in [-0.15, -0.1) is 0 Å². The topological polar surface area (TPSA) is 104 Å². The molecule has 0 spiro atoms. The van der Waals surface area contributed by atoms with E-state index in [0.717, 1.165) is 17.0 Å². The Balaban J connectivity index is 2.35. The highest BCUT2D eigenvalue weighted by molar-refractivity contribution is 7.94. The maximum atomic E-state index is 12.7. The molecule has 0 radical (unpaired) electrons. The first-order valence-corrected chi connectivity index (χ1v) is 10.6. The van der Waals surface area contributed by atoms with Crippen LogP contribution in [-0.2, 0) is 19.9 Å². The molecule has 2 aromatic rings. The monoisotopic (exact) mass is 390 g/mol. The number of benzene rings is 2. The molecular weight excluding hydrogens is 372 g/mol. The number of nitriles is 1. The van der Waals surface area contributed by atoms with Crippen molar-refractivity contribution in [2.24, 2.45) is 0 Å². The summed E-state index contributed by atoms with van der Waals surface area (Å²) in [7, 11) is -7.54. The summed E-state index contributed by atoms with van der Waals surface area (Å²) >= 11 is 0. The summed E-state index contributed by atoms with van der Waals surface area (Å²) in [6.07, 6.45) is 0.870. The molecule has 136 valence electrons. The fraction of sp³-hybridized carbons (Fsp3) is 0.167. The van der Waals surface area contributed by atoms with E-state index in [4.69, 9.17) is 5.26 Å². The van der Waals surface area contributed by atoms with E-state index in [0.29, 0.717) is 11.1 Å². The molecule has 0 saturated carbocycles. The maximum absolute atomic E-state index is 12.7. The van der Waals surface area contributed by atoms with Crippen LogP contribution in [0.4, 0.5) is 5.69 Å². The summed E-state index contributed by atoms with van der Waals surface area (Å²) in [5.41, 5.74) is 2.48. The van der Waals surface area contributed by atoms with Crippen LogP contribution in [0, 0.1) is 32.1 Å². The van der Waals surface area contributed by atoms with Gasteiger partial charge < -0.3 is 0 Å². The molecule has 0 aliphatic rings. The van der Waals surface area contributed by atoms with Crippen LogP contribution in [-0.4, -0.2) is 16.8 Å². The van der Waals surface area contributed by atoms with Gasteiger partial charge in [-0.1, -0.05) is 17.7 Å². The highest BCUT2D eigenvalue weighted by Crippen LogP contribution is 2.25. The number of aryl methyl sites for hydroxylation is 3. The molecule has 0 fully saturated rings. The SMILES string of the molecule is Cc1cc(C)c(S(=O)(=O)Nc2ccc(S(=O)(=O)/C=C/C#N)cc2)c(C)c1. The molecule has 0 atom stereocenters. The zero-order chi connectivity index (χ0) is 19.5. The Morgan fingerprint density at radius 2 is 1.50 bits per heavy atom. The van der Waals surface area contributed by atoms with Gasteiger partial charge in [0.2, 0.25) is 9.84 Å². The van der Waals surface area contributed by atoms with E-state index in [1.54, 1.807) is 32.0 Å². The van der Waals surface area contributed by atoms with E-state index in [1.807, 2.05) is 6.92 Å². The first kappa shape index (κ1) is 19.7. The van der Waals surface area contributed by atoms with Crippen molar-refractivity contribution in [3.8, 4) is 6.07 Å². The van der Waals surface area contributed by atoms with Crippen LogP contribution in [0.25, 0.3) is 0 Å². The lowest BCUT2D eigenvalue weighted by Gasteiger charge is -2.14. The van der Waals surface area contributed by atoms with Crippen LogP contribution in [0.3, 0.4) is 0 Å². The van der Waals surface area contributed by atoms with Crippen molar-refractivity contribution in [1.29, 1.82) is 5.26 Å². The Kier molecular flexibility index (Phi) is 5.54. The van der Waals surface area contributed by atoms with Crippen molar-refractivity contribution < 1.29 is 16.8 Å². The van der Waals surface area contributed by atoms with Gasteiger partial charge in [0.25, 0.3) is 10.0 Å². The number of sulfone groups is 1. The molecule has 2 rings (SSSR count). The minimum absolute atomic E-state index is 0.0327. The second-order valence-corrected chi connectivity index (χ2v) is 9.29. The molecule has 26 heavy (non-hydrogen) atoms. The van der Waals surface area contributed by atoms with E-state index in [2.05, 4.69) is 4.72 Å². The predicted octanol–water partition coefficient (Wildman–Crippen LogP) is 3.22. The number of sulfonamides is 1. The third-order valence-electron chi connectivity index (χ3n) is 3.63. The molecule has 0 aliphatic heterocycles. The summed E-state index contributed by atoms with van der Waals surface area (Å²) in [4.78, 5) is 0.173. The minimum atomic E-state index is -3.81. The molecule has 0 unspecified atom stereocenters. The van der Waals surface area contributed by atoms with Crippen LogP contribution in [0.5, 0.6) is 0 Å². The van der Waals surface area contributed by atoms with Crippen molar-refractivity contribution in [2.75, 3.05) is 4.72 Å². The molecule has 0 bridgehead atoms. The van der Waals surface area contributed by atoms with Crippen molar-refractivity contribution in [3.05, 3.63) is 64.6 Å². The van der Waals surface area contributed by atoms with Crippen molar-refractivity contribution >= 4 is 25.5 Å². The van der Waals surface area contributed by atoms with Gasteiger partial charge in [0, 0.05) is 17.2 Å². The molecule has 2 aromatic carbocycles. The van der Waals surface area contributed by atoms with Gasteiger partial charge in [-0.2, -0.15) is 5.26 Å². The number of anilines is 1. The first-order valence-electron chi connectivity index (χ1n) is 7.59. The van der Waals surface area contributed by atoms with Gasteiger partial charge >= 0.3 is 0 Å². The van der Waals surface area contributed by atoms with Crippen molar-refractivity contribution in [2.45, 2.75) is 30.6 Å². The summed E-state index contributed by atoms with van der Waals surface area (Å²) < 4.78 is 51.8. The van der Waals surface area contributed by atoms with Gasteiger partial charge in [0.05, 0.1) is 15.9 Å². The van der Waals surface area contributed by atoms with Crippen LogP contribution in [0.2, 0.25) is 0 Å².